The molecular weight excluding hydrogens is 226 g/mol. The molecular formula is C15H23NO2. The van der Waals surface area contributed by atoms with Crippen molar-refractivity contribution in [3.8, 4) is 0 Å². The Hall–Kier alpha value is -1.35. The molecule has 2 N–H and O–H groups in total. The molecule has 0 aliphatic carbocycles. The lowest BCUT2D eigenvalue weighted by molar-refractivity contribution is -0.141. The van der Waals surface area contributed by atoms with Crippen LogP contribution in [0.1, 0.15) is 41.5 Å². The van der Waals surface area contributed by atoms with E-state index in [0.717, 1.165) is 0 Å². The zero-order valence-corrected chi connectivity index (χ0v) is 11.9. The van der Waals surface area contributed by atoms with Gasteiger partial charge in [-0.15, -0.1) is 0 Å². The summed E-state index contributed by atoms with van der Waals surface area (Å²) in [6.07, 6.45) is 0.332. The maximum atomic E-state index is 11.5. The number of esters is 1. The molecule has 0 radical (unpaired) electrons. The number of hydrogen-bond donors (Lipinski definition) is 1. The first kappa shape index (κ1) is 14.7. The molecule has 0 heterocycles. The Labute approximate surface area is 109 Å². The average molecular weight is 249 g/mol. The molecule has 2 unspecified atom stereocenters. The first-order chi connectivity index (χ1) is 8.36. The molecule has 18 heavy (non-hydrogen) atoms. The lowest BCUT2D eigenvalue weighted by atomic mass is 9.83. The highest BCUT2D eigenvalue weighted by Gasteiger charge is 2.23. The van der Waals surface area contributed by atoms with Gasteiger partial charge in [0.05, 0.1) is 13.5 Å². The summed E-state index contributed by atoms with van der Waals surface area (Å²) in [5.74, 6) is -0.199. The lowest BCUT2D eigenvalue weighted by Crippen LogP contribution is -2.28. The lowest BCUT2D eigenvalue weighted by Gasteiger charge is -2.24. The van der Waals surface area contributed by atoms with E-state index in [2.05, 4.69) is 32.9 Å². The van der Waals surface area contributed by atoms with Crippen LogP contribution < -0.4 is 5.73 Å². The number of rotatable bonds is 4. The zero-order valence-electron chi connectivity index (χ0n) is 11.9. The monoisotopic (exact) mass is 249 g/mol. The Bertz CT molecular complexity index is 415. The number of benzene rings is 1. The summed E-state index contributed by atoms with van der Waals surface area (Å²) in [5, 5.41) is 0. The van der Waals surface area contributed by atoms with Gasteiger partial charge >= 0.3 is 5.97 Å². The fourth-order valence-electron chi connectivity index (χ4n) is 2.59. The van der Waals surface area contributed by atoms with Crippen molar-refractivity contribution >= 4 is 5.97 Å². The van der Waals surface area contributed by atoms with Crippen molar-refractivity contribution in [2.45, 2.75) is 46.1 Å². The van der Waals surface area contributed by atoms with E-state index < -0.39 is 0 Å². The van der Waals surface area contributed by atoms with Crippen LogP contribution in [0.5, 0.6) is 0 Å². The van der Waals surface area contributed by atoms with Crippen LogP contribution in [0.2, 0.25) is 0 Å². The van der Waals surface area contributed by atoms with Gasteiger partial charge in [0.15, 0.2) is 0 Å². The molecule has 0 aliphatic rings. The Balaban J connectivity index is 3.18. The summed E-state index contributed by atoms with van der Waals surface area (Å²) >= 11 is 0. The van der Waals surface area contributed by atoms with E-state index in [4.69, 9.17) is 10.5 Å². The van der Waals surface area contributed by atoms with Crippen molar-refractivity contribution < 1.29 is 9.53 Å². The molecule has 100 valence electrons. The second kappa shape index (κ2) is 6.01. The van der Waals surface area contributed by atoms with Crippen molar-refractivity contribution in [3.05, 3.63) is 34.4 Å². The number of carbonyl (C=O) groups excluding carboxylic acids is 1. The van der Waals surface area contributed by atoms with E-state index in [1.807, 2.05) is 6.92 Å². The Morgan fingerprint density at radius 3 is 2.17 bits per heavy atom. The molecule has 1 aromatic carbocycles. The molecule has 3 heteroatoms. The third-order valence-corrected chi connectivity index (χ3v) is 3.36. The predicted octanol–water partition coefficient (Wildman–Crippen LogP) is 2.61. The van der Waals surface area contributed by atoms with E-state index in [1.165, 1.54) is 29.4 Å². The number of carbonyl (C=O) groups is 1. The van der Waals surface area contributed by atoms with Crippen LogP contribution in [0.3, 0.4) is 0 Å². The minimum absolute atomic E-state index is 0.0121. The third kappa shape index (κ3) is 3.33. The van der Waals surface area contributed by atoms with Gasteiger partial charge in [-0.25, -0.2) is 0 Å². The highest BCUT2D eigenvalue weighted by atomic mass is 16.5. The van der Waals surface area contributed by atoms with E-state index >= 15 is 0 Å². The summed E-state index contributed by atoms with van der Waals surface area (Å²) in [6, 6.07) is 4.19. The van der Waals surface area contributed by atoms with Crippen LogP contribution in [0, 0.1) is 20.8 Å². The molecule has 0 aromatic heterocycles. The van der Waals surface area contributed by atoms with Crippen molar-refractivity contribution in [2.24, 2.45) is 5.73 Å². The number of methoxy groups -OCH3 is 1. The van der Waals surface area contributed by atoms with Gasteiger partial charge in [-0.2, -0.15) is 0 Å². The van der Waals surface area contributed by atoms with Gasteiger partial charge in [0.2, 0.25) is 0 Å². The van der Waals surface area contributed by atoms with E-state index in [9.17, 15) is 4.79 Å². The minimum Gasteiger partial charge on any atom is -0.469 e. The van der Waals surface area contributed by atoms with Crippen LogP contribution in [0.15, 0.2) is 12.1 Å². The Morgan fingerprint density at radius 1 is 1.28 bits per heavy atom. The molecule has 3 nitrogen and oxygen atoms in total. The maximum Gasteiger partial charge on any atom is 0.306 e. The molecule has 0 aliphatic heterocycles. The maximum absolute atomic E-state index is 11.5. The van der Waals surface area contributed by atoms with Gasteiger partial charge in [-0.05, 0) is 44.4 Å². The number of ether oxygens (including phenoxy) is 1. The zero-order chi connectivity index (χ0) is 13.9. The number of aryl methyl sites for hydroxylation is 3. The summed E-state index contributed by atoms with van der Waals surface area (Å²) in [7, 11) is 1.41. The van der Waals surface area contributed by atoms with E-state index in [1.54, 1.807) is 0 Å². The first-order valence-electron chi connectivity index (χ1n) is 6.27. The second-order valence-corrected chi connectivity index (χ2v) is 5.06. The molecule has 0 saturated heterocycles. The standard InChI is InChI=1S/C15H23NO2/c1-9-6-10(2)15(11(3)7-9)13(12(4)16)8-14(17)18-5/h6-7,12-13H,8,16H2,1-5H3. The normalized spacial score (nSPS) is 14.1. The van der Waals surface area contributed by atoms with Crippen LogP contribution in [0.25, 0.3) is 0 Å². The summed E-state index contributed by atoms with van der Waals surface area (Å²) in [6.45, 7) is 8.15. The quantitative estimate of drug-likeness (QED) is 0.834. The smallest absolute Gasteiger partial charge is 0.306 e. The van der Waals surface area contributed by atoms with Gasteiger partial charge in [0.25, 0.3) is 0 Å². The van der Waals surface area contributed by atoms with E-state index in [0.29, 0.717) is 6.42 Å². The van der Waals surface area contributed by atoms with Gasteiger partial charge in [-0.3, -0.25) is 4.79 Å². The first-order valence-corrected chi connectivity index (χ1v) is 6.27. The fourth-order valence-corrected chi connectivity index (χ4v) is 2.59. The average Bonchev–Trinajstić information content (AvgIpc) is 2.25. The molecule has 1 rings (SSSR count). The topological polar surface area (TPSA) is 52.3 Å². The summed E-state index contributed by atoms with van der Waals surface area (Å²) < 4.78 is 4.76. The molecule has 0 fully saturated rings. The van der Waals surface area contributed by atoms with Crippen LogP contribution in [-0.4, -0.2) is 19.1 Å². The van der Waals surface area contributed by atoms with Crippen molar-refractivity contribution in [1.82, 2.24) is 0 Å². The van der Waals surface area contributed by atoms with Crippen molar-refractivity contribution in [3.63, 3.8) is 0 Å². The molecule has 0 amide bonds. The Morgan fingerprint density at radius 2 is 1.78 bits per heavy atom. The predicted molar refractivity (Wildman–Crippen MR) is 73.7 cm³/mol. The van der Waals surface area contributed by atoms with Crippen molar-refractivity contribution in [1.29, 1.82) is 0 Å². The molecule has 0 saturated carbocycles. The molecule has 0 bridgehead atoms. The third-order valence-electron chi connectivity index (χ3n) is 3.36. The molecule has 1 aromatic rings. The van der Waals surface area contributed by atoms with Crippen LogP contribution in [0.4, 0.5) is 0 Å². The second-order valence-electron chi connectivity index (χ2n) is 5.06. The van der Waals surface area contributed by atoms with Crippen molar-refractivity contribution in [2.75, 3.05) is 7.11 Å². The van der Waals surface area contributed by atoms with Gasteiger partial charge in [0, 0.05) is 12.0 Å². The molecule has 2 atom stereocenters. The highest BCUT2D eigenvalue weighted by molar-refractivity contribution is 5.70. The van der Waals surface area contributed by atoms with Gasteiger partial charge in [0.1, 0.15) is 0 Å². The summed E-state index contributed by atoms with van der Waals surface area (Å²) in [4.78, 5) is 11.5. The molecule has 0 spiro atoms. The number of hydrogen-bond acceptors (Lipinski definition) is 3. The highest BCUT2D eigenvalue weighted by Crippen LogP contribution is 2.30. The van der Waals surface area contributed by atoms with Crippen LogP contribution in [-0.2, 0) is 9.53 Å². The number of nitrogens with two attached hydrogens (primary N) is 1. The van der Waals surface area contributed by atoms with E-state index in [-0.39, 0.29) is 17.9 Å². The van der Waals surface area contributed by atoms with Gasteiger partial charge < -0.3 is 10.5 Å². The van der Waals surface area contributed by atoms with Crippen LogP contribution >= 0.6 is 0 Å². The Kier molecular flexibility index (Phi) is 4.91. The minimum atomic E-state index is -0.211. The fraction of sp³-hybridized carbons (Fsp3) is 0.533. The van der Waals surface area contributed by atoms with Gasteiger partial charge in [-0.1, -0.05) is 17.7 Å². The SMILES string of the molecule is COC(=O)CC(c1c(C)cc(C)cc1C)C(C)N. The summed E-state index contributed by atoms with van der Waals surface area (Å²) in [5.41, 5.74) is 10.8. The largest absolute Gasteiger partial charge is 0.469 e.